The lowest BCUT2D eigenvalue weighted by Gasteiger charge is -2.21. The molecule has 0 spiro atoms. The summed E-state index contributed by atoms with van der Waals surface area (Å²) < 4.78 is 11.6. The molecule has 4 nitrogen and oxygen atoms in total. The van der Waals surface area contributed by atoms with Crippen molar-refractivity contribution in [2.24, 2.45) is 0 Å². The van der Waals surface area contributed by atoms with Crippen molar-refractivity contribution < 1.29 is 14.3 Å². The highest BCUT2D eigenvalue weighted by atomic mass is 16.5. The van der Waals surface area contributed by atoms with Crippen LogP contribution in [-0.2, 0) is 30.6 Å². The van der Waals surface area contributed by atoms with E-state index in [9.17, 15) is 4.79 Å². The van der Waals surface area contributed by atoms with E-state index in [0.29, 0.717) is 26.2 Å². The molecule has 2 heterocycles. The average molecular weight is 337 g/mol. The van der Waals surface area contributed by atoms with Gasteiger partial charge in [-0.3, -0.25) is 4.79 Å². The van der Waals surface area contributed by atoms with Gasteiger partial charge in [0.2, 0.25) is 5.91 Å². The van der Waals surface area contributed by atoms with Gasteiger partial charge in [0.15, 0.2) is 0 Å². The van der Waals surface area contributed by atoms with Gasteiger partial charge >= 0.3 is 0 Å². The highest BCUT2D eigenvalue weighted by molar-refractivity contribution is 5.79. The Balaban J connectivity index is 1.56. The molecule has 0 N–H and O–H groups in total. The number of carbonyl (C=O) groups excluding carboxylic acids is 1. The average Bonchev–Trinajstić information content (AvgIpc) is 3.25. The Bertz CT molecular complexity index is 796. The Morgan fingerprint density at radius 2 is 1.96 bits per heavy atom. The van der Waals surface area contributed by atoms with Crippen molar-refractivity contribution in [3.63, 3.8) is 0 Å². The normalized spacial score (nSPS) is 14.5. The SMILES string of the molecule is Cc1ccccc1CC(=O)N(C)Cc1c2c(cc3c1OCC3)OCC2. The number of aryl methyl sites for hydroxylation is 1. The number of ether oxygens (including phenoxy) is 2. The van der Waals surface area contributed by atoms with Crippen molar-refractivity contribution in [2.45, 2.75) is 32.7 Å². The molecule has 2 aliphatic rings. The molecule has 0 bridgehead atoms. The lowest BCUT2D eigenvalue weighted by Crippen LogP contribution is -2.28. The maximum Gasteiger partial charge on any atom is 0.227 e. The smallest absolute Gasteiger partial charge is 0.227 e. The van der Waals surface area contributed by atoms with Crippen LogP contribution in [0.25, 0.3) is 0 Å². The summed E-state index contributed by atoms with van der Waals surface area (Å²) in [5.41, 5.74) is 5.78. The van der Waals surface area contributed by atoms with E-state index >= 15 is 0 Å². The summed E-state index contributed by atoms with van der Waals surface area (Å²) in [6, 6.07) is 10.2. The molecule has 0 saturated carbocycles. The second-order valence-electron chi connectivity index (χ2n) is 6.87. The lowest BCUT2D eigenvalue weighted by molar-refractivity contribution is -0.129. The third-order valence-electron chi connectivity index (χ3n) is 5.18. The summed E-state index contributed by atoms with van der Waals surface area (Å²) in [4.78, 5) is 14.5. The molecule has 2 aromatic carbocycles. The van der Waals surface area contributed by atoms with Gasteiger partial charge in [-0.1, -0.05) is 24.3 Å². The van der Waals surface area contributed by atoms with E-state index < -0.39 is 0 Å². The van der Waals surface area contributed by atoms with Gasteiger partial charge in [0.1, 0.15) is 11.5 Å². The van der Waals surface area contributed by atoms with Gasteiger partial charge in [0, 0.05) is 43.1 Å². The zero-order valence-electron chi connectivity index (χ0n) is 14.8. The summed E-state index contributed by atoms with van der Waals surface area (Å²) in [6.07, 6.45) is 2.23. The third-order valence-corrected chi connectivity index (χ3v) is 5.18. The highest BCUT2D eigenvalue weighted by Crippen LogP contribution is 2.41. The van der Waals surface area contributed by atoms with Crippen molar-refractivity contribution in [1.29, 1.82) is 0 Å². The zero-order valence-corrected chi connectivity index (χ0v) is 14.8. The van der Waals surface area contributed by atoms with Crippen molar-refractivity contribution in [3.8, 4) is 11.5 Å². The van der Waals surface area contributed by atoms with E-state index in [0.717, 1.165) is 41.0 Å². The molecule has 4 heteroatoms. The Hall–Kier alpha value is -2.49. The molecule has 1 amide bonds. The molecule has 0 atom stereocenters. The van der Waals surface area contributed by atoms with Crippen LogP contribution in [0.4, 0.5) is 0 Å². The van der Waals surface area contributed by atoms with Crippen LogP contribution in [0.15, 0.2) is 30.3 Å². The second kappa shape index (κ2) is 6.43. The quantitative estimate of drug-likeness (QED) is 0.861. The van der Waals surface area contributed by atoms with Crippen molar-refractivity contribution in [1.82, 2.24) is 4.90 Å². The fourth-order valence-electron chi connectivity index (χ4n) is 3.68. The summed E-state index contributed by atoms with van der Waals surface area (Å²) in [7, 11) is 1.87. The summed E-state index contributed by atoms with van der Waals surface area (Å²) in [5.74, 6) is 2.07. The van der Waals surface area contributed by atoms with E-state index in [-0.39, 0.29) is 5.91 Å². The Morgan fingerprint density at radius 1 is 1.16 bits per heavy atom. The Labute approximate surface area is 148 Å². The fraction of sp³-hybridized carbons (Fsp3) is 0.381. The minimum Gasteiger partial charge on any atom is -0.493 e. The topological polar surface area (TPSA) is 38.8 Å². The van der Waals surface area contributed by atoms with Gasteiger partial charge in [0.25, 0.3) is 0 Å². The number of hydrogen-bond acceptors (Lipinski definition) is 3. The molecular weight excluding hydrogens is 314 g/mol. The van der Waals surface area contributed by atoms with E-state index in [2.05, 4.69) is 6.07 Å². The predicted molar refractivity (Wildman–Crippen MR) is 96.2 cm³/mol. The fourth-order valence-corrected chi connectivity index (χ4v) is 3.68. The van der Waals surface area contributed by atoms with Crippen LogP contribution in [0.1, 0.15) is 27.8 Å². The lowest BCUT2D eigenvalue weighted by atomic mass is 9.99. The Morgan fingerprint density at radius 3 is 2.80 bits per heavy atom. The minimum atomic E-state index is 0.123. The van der Waals surface area contributed by atoms with Crippen LogP contribution < -0.4 is 9.47 Å². The predicted octanol–water partition coefficient (Wildman–Crippen LogP) is 3.07. The molecule has 0 radical (unpaired) electrons. The monoisotopic (exact) mass is 337 g/mol. The van der Waals surface area contributed by atoms with E-state index in [1.165, 1.54) is 11.1 Å². The van der Waals surface area contributed by atoms with Crippen LogP contribution in [0.5, 0.6) is 11.5 Å². The first-order chi connectivity index (χ1) is 12.1. The first kappa shape index (κ1) is 16.0. The number of amides is 1. The van der Waals surface area contributed by atoms with E-state index in [1.54, 1.807) is 0 Å². The summed E-state index contributed by atoms with van der Waals surface area (Å²) in [6.45, 7) is 4.04. The number of hydrogen-bond donors (Lipinski definition) is 0. The first-order valence-corrected chi connectivity index (χ1v) is 8.85. The standard InChI is InChI=1S/C21H23NO3/c1-14-5-3-4-6-15(14)12-20(23)22(2)13-18-17-8-10-24-19(17)11-16-7-9-25-21(16)18/h3-6,11H,7-10,12-13H2,1-2H3. The maximum absolute atomic E-state index is 12.7. The zero-order chi connectivity index (χ0) is 17.4. The number of likely N-dealkylation sites (N-methyl/N-ethyl adjacent to an activating group) is 1. The molecule has 2 aliphatic heterocycles. The molecule has 0 unspecified atom stereocenters. The van der Waals surface area contributed by atoms with Gasteiger partial charge in [-0.25, -0.2) is 0 Å². The summed E-state index contributed by atoms with van der Waals surface area (Å²) >= 11 is 0. The van der Waals surface area contributed by atoms with Crippen molar-refractivity contribution in [2.75, 3.05) is 20.3 Å². The number of rotatable bonds is 4. The third kappa shape index (κ3) is 2.97. The molecule has 0 aromatic heterocycles. The molecule has 0 aliphatic carbocycles. The van der Waals surface area contributed by atoms with Crippen LogP contribution in [-0.4, -0.2) is 31.1 Å². The van der Waals surface area contributed by atoms with Crippen molar-refractivity contribution >= 4 is 5.91 Å². The summed E-state index contributed by atoms with van der Waals surface area (Å²) in [5, 5.41) is 0. The van der Waals surface area contributed by atoms with E-state index in [1.807, 2.05) is 43.1 Å². The van der Waals surface area contributed by atoms with Gasteiger partial charge < -0.3 is 14.4 Å². The van der Waals surface area contributed by atoms with Gasteiger partial charge in [0.05, 0.1) is 19.6 Å². The van der Waals surface area contributed by atoms with Crippen LogP contribution in [0.2, 0.25) is 0 Å². The van der Waals surface area contributed by atoms with Crippen molar-refractivity contribution in [3.05, 3.63) is 58.1 Å². The van der Waals surface area contributed by atoms with Gasteiger partial charge in [-0.05, 0) is 24.1 Å². The molecule has 0 fully saturated rings. The maximum atomic E-state index is 12.7. The molecule has 25 heavy (non-hydrogen) atoms. The van der Waals surface area contributed by atoms with E-state index in [4.69, 9.17) is 9.47 Å². The Kier molecular flexibility index (Phi) is 4.12. The highest BCUT2D eigenvalue weighted by Gasteiger charge is 2.27. The molecular formula is C21H23NO3. The van der Waals surface area contributed by atoms with Crippen LogP contribution in [0, 0.1) is 6.92 Å². The van der Waals surface area contributed by atoms with Gasteiger partial charge in [-0.15, -0.1) is 0 Å². The molecule has 0 saturated heterocycles. The number of carbonyl (C=O) groups is 1. The number of fused-ring (bicyclic) bond motifs is 2. The molecule has 4 rings (SSSR count). The first-order valence-electron chi connectivity index (χ1n) is 8.85. The van der Waals surface area contributed by atoms with Crippen LogP contribution in [0.3, 0.4) is 0 Å². The minimum absolute atomic E-state index is 0.123. The largest absolute Gasteiger partial charge is 0.493 e. The number of nitrogens with zero attached hydrogens (tertiary/aromatic N) is 1. The second-order valence-corrected chi connectivity index (χ2v) is 6.87. The molecule has 2 aromatic rings. The number of benzene rings is 2. The van der Waals surface area contributed by atoms with Gasteiger partial charge in [-0.2, -0.15) is 0 Å². The molecule has 130 valence electrons. The van der Waals surface area contributed by atoms with Crippen LogP contribution >= 0.6 is 0 Å².